The Balaban J connectivity index is 2.31. The molecule has 0 aromatic heterocycles. The molecule has 0 bridgehead atoms. The van der Waals surface area contributed by atoms with Crippen LogP contribution in [0.15, 0.2) is 0 Å². The first-order chi connectivity index (χ1) is 5.24. The van der Waals surface area contributed by atoms with Gasteiger partial charge in [-0.15, -0.1) is 0 Å². The van der Waals surface area contributed by atoms with Crippen LogP contribution in [0.3, 0.4) is 0 Å². The molecule has 1 aliphatic rings. The van der Waals surface area contributed by atoms with Crippen LogP contribution in [0.2, 0.25) is 0 Å². The average molecular weight is 157 g/mol. The van der Waals surface area contributed by atoms with Crippen molar-refractivity contribution in [3.63, 3.8) is 0 Å². The number of aliphatic hydroxyl groups is 1. The minimum atomic E-state index is -0.127. The molecule has 3 N–H and O–H groups in total. The summed E-state index contributed by atoms with van der Waals surface area (Å²) in [6, 6.07) is 0.249. The van der Waals surface area contributed by atoms with E-state index in [1.165, 1.54) is 12.8 Å². The topological polar surface area (TPSA) is 46.2 Å². The fourth-order valence-electron chi connectivity index (χ4n) is 1.97. The number of hydrogen-bond donors (Lipinski definition) is 2. The second kappa shape index (κ2) is 4.07. The molecular weight excluding hydrogens is 138 g/mol. The number of rotatable bonds is 2. The molecular formula is C9H19NO. The predicted molar refractivity (Wildman–Crippen MR) is 46.2 cm³/mol. The first kappa shape index (κ1) is 9.01. The maximum Gasteiger partial charge on any atom is 0.0555 e. The molecule has 2 nitrogen and oxygen atoms in total. The lowest BCUT2D eigenvalue weighted by Crippen LogP contribution is -2.38. The van der Waals surface area contributed by atoms with Crippen molar-refractivity contribution >= 4 is 0 Å². The summed E-state index contributed by atoms with van der Waals surface area (Å²) in [5, 5.41) is 9.29. The zero-order chi connectivity index (χ0) is 8.27. The second-order valence-corrected chi connectivity index (χ2v) is 3.68. The van der Waals surface area contributed by atoms with E-state index in [4.69, 9.17) is 5.73 Å². The van der Waals surface area contributed by atoms with Crippen LogP contribution >= 0.6 is 0 Å². The number of nitrogens with two attached hydrogens (primary N) is 1. The molecule has 3 atom stereocenters. The maximum atomic E-state index is 9.29. The van der Waals surface area contributed by atoms with E-state index < -0.39 is 0 Å². The lowest BCUT2D eigenvalue weighted by Gasteiger charge is -2.31. The third-order valence-corrected chi connectivity index (χ3v) is 2.68. The van der Waals surface area contributed by atoms with Crippen LogP contribution in [-0.2, 0) is 0 Å². The van der Waals surface area contributed by atoms with E-state index in [1.807, 2.05) is 0 Å². The Morgan fingerprint density at radius 1 is 1.45 bits per heavy atom. The molecule has 0 heterocycles. The summed E-state index contributed by atoms with van der Waals surface area (Å²) < 4.78 is 0. The summed E-state index contributed by atoms with van der Waals surface area (Å²) in [5.41, 5.74) is 5.90. The third kappa shape index (κ3) is 2.46. The fourth-order valence-corrected chi connectivity index (χ4v) is 1.97. The zero-order valence-electron chi connectivity index (χ0n) is 7.29. The Morgan fingerprint density at radius 3 is 2.73 bits per heavy atom. The van der Waals surface area contributed by atoms with Crippen LogP contribution in [-0.4, -0.2) is 17.3 Å². The predicted octanol–water partition coefficient (Wildman–Crippen LogP) is 1.27. The van der Waals surface area contributed by atoms with Crippen LogP contribution in [0, 0.1) is 5.92 Å². The van der Waals surface area contributed by atoms with Gasteiger partial charge in [0.2, 0.25) is 0 Å². The van der Waals surface area contributed by atoms with E-state index >= 15 is 0 Å². The van der Waals surface area contributed by atoms with Crippen molar-refractivity contribution in [2.24, 2.45) is 11.7 Å². The van der Waals surface area contributed by atoms with Gasteiger partial charge in [0.05, 0.1) is 6.10 Å². The highest BCUT2D eigenvalue weighted by Gasteiger charge is 2.25. The third-order valence-electron chi connectivity index (χ3n) is 2.68. The van der Waals surface area contributed by atoms with Gasteiger partial charge in [0, 0.05) is 6.04 Å². The molecule has 0 aliphatic heterocycles. The Hall–Kier alpha value is -0.0800. The SMILES string of the molecule is CCCC1CCC(O)CC1N. The van der Waals surface area contributed by atoms with Gasteiger partial charge >= 0.3 is 0 Å². The van der Waals surface area contributed by atoms with Gasteiger partial charge in [-0.1, -0.05) is 13.3 Å². The lowest BCUT2D eigenvalue weighted by atomic mass is 9.81. The molecule has 0 aromatic rings. The average Bonchev–Trinajstić information content (AvgIpc) is 1.95. The molecule has 3 unspecified atom stereocenters. The second-order valence-electron chi connectivity index (χ2n) is 3.68. The summed E-state index contributed by atoms with van der Waals surface area (Å²) in [6.07, 6.45) is 5.21. The van der Waals surface area contributed by atoms with E-state index in [-0.39, 0.29) is 12.1 Å². The van der Waals surface area contributed by atoms with Gasteiger partial charge in [0.1, 0.15) is 0 Å². The largest absolute Gasteiger partial charge is 0.393 e. The zero-order valence-corrected chi connectivity index (χ0v) is 7.29. The monoisotopic (exact) mass is 157 g/mol. The minimum Gasteiger partial charge on any atom is -0.393 e. The molecule has 0 amide bonds. The van der Waals surface area contributed by atoms with Crippen LogP contribution in [0.5, 0.6) is 0 Å². The van der Waals surface area contributed by atoms with E-state index in [2.05, 4.69) is 6.92 Å². The molecule has 66 valence electrons. The molecule has 11 heavy (non-hydrogen) atoms. The van der Waals surface area contributed by atoms with Gasteiger partial charge in [-0.2, -0.15) is 0 Å². The molecule has 0 spiro atoms. The molecule has 0 aromatic carbocycles. The number of hydrogen-bond acceptors (Lipinski definition) is 2. The molecule has 1 saturated carbocycles. The summed E-state index contributed by atoms with van der Waals surface area (Å²) in [6.45, 7) is 2.19. The van der Waals surface area contributed by atoms with Gasteiger partial charge in [-0.25, -0.2) is 0 Å². The van der Waals surface area contributed by atoms with Crippen LogP contribution in [0.25, 0.3) is 0 Å². The molecule has 1 rings (SSSR count). The van der Waals surface area contributed by atoms with Crippen molar-refractivity contribution < 1.29 is 5.11 Å². The van der Waals surface area contributed by atoms with Gasteiger partial charge in [0.25, 0.3) is 0 Å². The Morgan fingerprint density at radius 2 is 2.18 bits per heavy atom. The van der Waals surface area contributed by atoms with Crippen molar-refractivity contribution in [3.8, 4) is 0 Å². The van der Waals surface area contributed by atoms with E-state index in [1.54, 1.807) is 0 Å². The van der Waals surface area contributed by atoms with Crippen LogP contribution in [0.4, 0.5) is 0 Å². The maximum absolute atomic E-state index is 9.29. The van der Waals surface area contributed by atoms with Crippen LogP contribution in [0.1, 0.15) is 39.0 Å². The Labute approximate surface area is 68.8 Å². The summed E-state index contributed by atoms with van der Waals surface area (Å²) >= 11 is 0. The summed E-state index contributed by atoms with van der Waals surface area (Å²) in [7, 11) is 0. The van der Waals surface area contributed by atoms with Gasteiger partial charge in [0.15, 0.2) is 0 Å². The molecule has 2 heteroatoms. The minimum absolute atomic E-state index is 0.127. The van der Waals surface area contributed by atoms with Crippen molar-refractivity contribution in [2.75, 3.05) is 0 Å². The van der Waals surface area contributed by atoms with Crippen molar-refractivity contribution in [1.82, 2.24) is 0 Å². The molecule has 0 saturated heterocycles. The molecule has 0 radical (unpaired) electrons. The first-order valence-corrected chi connectivity index (χ1v) is 4.67. The Kier molecular flexibility index (Phi) is 3.34. The van der Waals surface area contributed by atoms with Crippen molar-refractivity contribution in [2.45, 2.75) is 51.2 Å². The van der Waals surface area contributed by atoms with E-state index in [0.717, 1.165) is 19.3 Å². The molecule has 1 fully saturated rings. The van der Waals surface area contributed by atoms with Crippen molar-refractivity contribution in [3.05, 3.63) is 0 Å². The van der Waals surface area contributed by atoms with E-state index in [0.29, 0.717) is 5.92 Å². The Bertz CT molecular complexity index is 116. The first-order valence-electron chi connectivity index (χ1n) is 4.67. The fraction of sp³-hybridized carbons (Fsp3) is 1.00. The summed E-state index contributed by atoms with van der Waals surface area (Å²) in [5.74, 6) is 0.670. The standard InChI is InChI=1S/C9H19NO/c1-2-3-7-4-5-8(11)6-9(7)10/h7-9,11H,2-6,10H2,1H3. The van der Waals surface area contributed by atoms with Gasteiger partial charge < -0.3 is 10.8 Å². The molecule has 1 aliphatic carbocycles. The highest BCUT2D eigenvalue weighted by Crippen LogP contribution is 2.26. The smallest absolute Gasteiger partial charge is 0.0555 e. The van der Waals surface area contributed by atoms with Crippen molar-refractivity contribution in [1.29, 1.82) is 0 Å². The summed E-state index contributed by atoms with van der Waals surface area (Å²) in [4.78, 5) is 0. The van der Waals surface area contributed by atoms with E-state index in [9.17, 15) is 5.11 Å². The lowest BCUT2D eigenvalue weighted by molar-refractivity contribution is 0.0926. The van der Waals surface area contributed by atoms with Gasteiger partial charge in [-0.05, 0) is 31.6 Å². The normalized spacial score (nSPS) is 39.0. The van der Waals surface area contributed by atoms with Crippen LogP contribution < -0.4 is 5.73 Å². The highest BCUT2D eigenvalue weighted by atomic mass is 16.3. The highest BCUT2D eigenvalue weighted by molar-refractivity contribution is 4.81. The quantitative estimate of drug-likeness (QED) is 0.634. The van der Waals surface area contributed by atoms with Gasteiger partial charge in [-0.3, -0.25) is 0 Å². The number of aliphatic hydroxyl groups excluding tert-OH is 1.